The van der Waals surface area contributed by atoms with Crippen molar-refractivity contribution in [3.05, 3.63) is 0 Å². The number of aliphatic hydroxyl groups is 1. The van der Waals surface area contributed by atoms with Crippen molar-refractivity contribution in [2.75, 3.05) is 39.6 Å². The van der Waals surface area contributed by atoms with Gasteiger partial charge in [0.15, 0.2) is 12.2 Å². The molecule has 0 aliphatic carbocycles. The molecule has 498 valence electrons. The first-order valence-corrected chi connectivity index (χ1v) is 36.9. The van der Waals surface area contributed by atoms with E-state index in [0.29, 0.717) is 37.5 Å². The van der Waals surface area contributed by atoms with Gasteiger partial charge in [-0.3, -0.25) is 37.3 Å². The molecule has 0 saturated heterocycles. The highest BCUT2D eigenvalue weighted by Gasteiger charge is 2.30. The van der Waals surface area contributed by atoms with Crippen LogP contribution < -0.4 is 0 Å². The third-order valence-corrected chi connectivity index (χ3v) is 17.1. The van der Waals surface area contributed by atoms with Crippen LogP contribution in [-0.4, -0.2) is 96.7 Å². The number of esters is 4. The third-order valence-electron chi connectivity index (χ3n) is 15.2. The average molecular weight is 1240 g/mol. The van der Waals surface area contributed by atoms with E-state index in [1.807, 2.05) is 0 Å². The number of carbonyl (C=O) groups is 4. The smallest absolute Gasteiger partial charge is 0.462 e. The highest BCUT2D eigenvalue weighted by Crippen LogP contribution is 2.45. The predicted molar refractivity (Wildman–Crippen MR) is 335 cm³/mol. The van der Waals surface area contributed by atoms with Gasteiger partial charge in [0.1, 0.15) is 19.3 Å². The molecule has 17 nitrogen and oxygen atoms in total. The lowest BCUT2D eigenvalue weighted by Gasteiger charge is -2.21. The predicted octanol–water partition coefficient (Wildman–Crippen LogP) is 17.9. The lowest BCUT2D eigenvalue weighted by molar-refractivity contribution is -0.161. The van der Waals surface area contributed by atoms with Crippen LogP contribution in [0.3, 0.4) is 0 Å². The van der Waals surface area contributed by atoms with Crippen LogP contribution in [0.25, 0.3) is 0 Å². The first kappa shape index (κ1) is 82.1. The summed E-state index contributed by atoms with van der Waals surface area (Å²) >= 11 is 0. The normalized spacial score (nSPS) is 14.7. The molecule has 84 heavy (non-hydrogen) atoms. The van der Waals surface area contributed by atoms with E-state index in [-0.39, 0.29) is 25.7 Å². The van der Waals surface area contributed by atoms with Crippen LogP contribution >= 0.6 is 15.6 Å². The van der Waals surface area contributed by atoms with Crippen molar-refractivity contribution in [3.8, 4) is 0 Å². The molecule has 19 heteroatoms. The number of rotatable bonds is 63. The number of hydrogen-bond donors (Lipinski definition) is 3. The largest absolute Gasteiger partial charge is 0.472 e. The SMILES string of the molecule is CCCCCCCCCCCCCCC(=O)OC[C@H](COP(=O)(O)OC[C@@H](O)COP(=O)(O)OC[C@@H](COC(=O)CCCCCCCCC(C)C)OC(=O)CCCCCCCCC(C)C)OC(=O)CCCCCCCCCCCCC(C)CC. The number of phosphoric acid groups is 2. The van der Waals surface area contributed by atoms with Crippen LogP contribution in [0.4, 0.5) is 0 Å². The molecule has 0 aliphatic rings. The summed E-state index contributed by atoms with van der Waals surface area (Å²) in [6.45, 7) is 11.7. The zero-order chi connectivity index (χ0) is 62.4. The van der Waals surface area contributed by atoms with Gasteiger partial charge in [0.05, 0.1) is 26.4 Å². The summed E-state index contributed by atoms with van der Waals surface area (Å²) in [7, 11) is -9.89. The molecule has 0 rings (SSSR count). The van der Waals surface area contributed by atoms with E-state index < -0.39 is 97.5 Å². The molecule has 0 amide bonds. The van der Waals surface area contributed by atoms with Crippen molar-refractivity contribution in [2.24, 2.45) is 17.8 Å². The summed E-state index contributed by atoms with van der Waals surface area (Å²) in [6.07, 6.45) is 37.8. The van der Waals surface area contributed by atoms with Gasteiger partial charge < -0.3 is 33.8 Å². The quantitative estimate of drug-likeness (QED) is 0.0222. The van der Waals surface area contributed by atoms with E-state index in [9.17, 15) is 43.2 Å². The monoisotopic (exact) mass is 1240 g/mol. The number of hydrogen-bond acceptors (Lipinski definition) is 15. The van der Waals surface area contributed by atoms with Gasteiger partial charge in [-0.05, 0) is 43.4 Å². The van der Waals surface area contributed by atoms with Gasteiger partial charge in [0.2, 0.25) is 0 Å². The van der Waals surface area contributed by atoms with E-state index in [1.165, 1.54) is 122 Å². The molecule has 3 N–H and O–H groups in total. The van der Waals surface area contributed by atoms with Crippen molar-refractivity contribution in [1.29, 1.82) is 0 Å². The lowest BCUT2D eigenvalue weighted by atomic mass is 9.99. The van der Waals surface area contributed by atoms with Crippen molar-refractivity contribution < 1.29 is 80.2 Å². The Bertz CT molecular complexity index is 1670. The summed E-state index contributed by atoms with van der Waals surface area (Å²) in [5.41, 5.74) is 0. The molecular formula is C65H126O17P2. The zero-order valence-corrected chi connectivity index (χ0v) is 56.1. The molecular weight excluding hydrogens is 1110 g/mol. The van der Waals surface area contributed by atoms with E-state index in [1.54, 1.807) is 0 Å². The maximum absolute atomic E-state index is 13.0. The van der Waals surface area contributed by atoms with Crippen molar-refractivity contribution in [1.82, 2.24) is 0 Å². The Morgan fingerprint density at radius 1 is 0.345 bits per heavy atom. The fourth-order valence-electron chi connectivity index (χ4n) is 9.62. The summed E-state index contributed by atoms with van der Waals surface area (Å²) in [4.78, 5) is 72.2. The molecule has 0 aromatic heterocycles. The Kier molecular flexibility index (Phi) is 55.0. The van der Waals surface area contributed by atoms with Crippen LogP contribution in [0.1, 0.15) is 318 Å². The Balaban J connectivity index is 5.24. The highest BCUT2D eigenvalue weighted by molar-refractivity contribution is 7.47. The van der Waals surface area contributed by atoms with Gasteiger partial charge in [-0.15, -0.1) is 0 Å². The summed E-state index contributed by atoms with van der Waals surface area (Å²) < 4.78 is 68.0. The second-order valence-corrected chi connectivity index (χ2v) is 27.6. The Hall–Kier alpha value is -1.94. The van der Waals surface area contributed by atoms with Crippen LogP contribution in [-0.2, 0) is 65.4 Å². The Morgan fingerprint density at radius 3 is 0.905 bits per heavy atom. The minimum atomic E-state index is -4.95. The van der Waals surface area contributed by atoms with Crippen molar-refractivity contribution in [2.45, 2.75) is 336 Å². The van der Waals surface area contributed by atoms with Crippen molar-refractivity contribution in [3.63, 3.8) is 0 Å². The molecule has 0 aliphatic heterocycles. The van der Waals surface area contributed by atoms with Gasteiger partial charge in [0.25, 0.3) is 0 Å². The van der Waals surface area contributed by atoms with Crippen LogP contribution in [0, 0.1) is 17.8 Å². The first-order valence-electron chi connectivity index (χ1n) is 33.9. The van der Waals surface area contributed by atoms with Gasteiger partial charge in [-0.1, -0.05) is 267 Å². The standard InChI is InChI=1S/C65H126O17P2/c1-8-10-11-12-13-14-15-16-20-23-32-39-46-62(67)75-52-60(81-64(69)48-41-34-24-21-18-17-19-22-31-38-45-58(7)9-2)54-79-83(71,72)77-50-59(66)51-78-84(73,74)80-55-61(82-65(70)49-42-35-28-26-30-37-44-57(5)6)53-76-63(68)47-40-33-27-25-29-36-43-56(3)4/h56-61,66H,8-55H2,1-7H3,(H,71,72)(H,73,74)/t58?,59-,60-,61-/m1/s1. The highest BCUT2D eigenvalue weighted by atomic mass is 31.2. The first-order chi connectivity index (χ1) is 40.3. The molecule has 0 heterocycles. The fraction of sp³-hybridized carbons (Fsp3) is 0.938. The van der Waals surface area contributed by atoms with E-state index >= 15 is 0 Å². The molecule has 0 radical (unpaired) electrons. The molecule has 0 spiro atoms. The molecule has 3 unspecified atom stereocenters. The maximum Gasteiger partial charge on any atom is 0.472 e. The number of unbranched alkanes of at least 4 members (excludes halogenated alkanes) is 30. The zero-order valence-electron chi connectivity index (χ0n) is 54.4. The molecule has 0 aromatic rings. The number of aliphatic hydroxyl groups excluding tert-OH is 1. The van der Waals surface area contributed by atoms with Crippen molar-refractivity contribution >= 4 is 39.5 Å². The second kappa shape index (κ2) is 56.3. The van der Waals surface area contributed by atoms with Crippen LogP contribution in [0.2, 0.25) is 0 Å². The summed E-state index contributed by atoms with van der Waals surface area (Å²) in [5, 5.41) is 10.5. The van der Waals surface area contributed by atoms with Gasteiger partial charge in [-0.2, -0.15) is 0 Å². The average Bonchev–Trinajstić information content (AvgIpc) is 3.47. The molecule has 0 saturated carbocycles. The minimum absolute atomic E-state index is 0.101. The minimum Gasteiger partial charge on any atom is -0.462 e. The van der Waals surface area contributed by atoms with Crippen LogP contribution in [0.15, 0.2) is 0 Å². The molecule has 0 aromatic carbocycles. The second-order valence-electron chi connectivity index (χ2n) is 24.7. The lowest BCUT2D eigenvalue weighted by Crippen LogP contribution is -2.30. The number of carbonyl (C=O) groups excluding carboxylic acids is 4. The van der Waals surface area contributed by atoms with Gasteiger partial charge >= 0.3 is 39.5 Å². The van der Waals surface area contributed by atoms with Crippen LogP contribution in [0.5, 0.6) is 0 Å². The molecule has 0 bridgehead atoms. The topological polar surface area (TPSA) is 237 Å². The maximum atomic E-state index is 13.0. The van der Waals surface area contributed by atoms with E-state index in [2.05, 4.69) is 48.5 Å². The Morgan fingerprint density at radius 2 is 0.607 bits per heavy atom. The summed E-state index contributed by atoms with van der Waals surface area (Å²) in [5.74, 6) is 0.0129. The van der Waals surface area contributed by atoms with Gasteiger partial charge in [0, 0.05) is 25.7 Å². The number of ether oxygens (including phenoxy) is 4. The summed E-state index contributed by atoms with van der Waals surface area (Å²) in [6, 6.07) is 0. The molecule has 0 fully saturated rings. The van der Waals surface area contributed by atoms with E-state index in [4.69, 9.17) is 37.0 Å². The number of phosphoric ester groups is 2. The fourth-order valence-corrected chi connectivity index (χ4v) is 11.2. The Labute approximate surface area is 511 Å². The van der Waals surface area contributed by atoms with Gasteiger partial charge in [-0.25, -0.2) is 9.13 Å². The molecule has 6 atom stereocenters. The third kappa shape index (κ3) is 57.8. The van der Waals surface area contributed by atoms with E-state index in [0.717, 1.165) is 102 Å².